The van der Waals surface area contributed by atoms with E-state index in [0.717, 1.165) is 22.4 Å². The van der Waals surface area contributed by atoms with Gasteiger partial charge in [-0.15, -0.1) is 0 Å². The highest BCUT2D eigenvalue weighted by atomic mass is 32.1. The minimum Gasteiger partial charge on any atom is -0.488 e. The molecule has 134 valence electrons. The van der Waals surface area contributed by atoms with Crippen molar-refractivity contribution in [2.45, 2.75) is 33.3 Å². The molecule has 0 saturated carbocycles. The fourth-order valence-corrected chi connectivity index (χ4v) is 2.62. The fourth-order valence-electron chi connectivity index (χ4n) is 2.51. The van der Waals surface area contributed by atoms with Crippen molar-refractivity contribution in [3.05, 3.63) is 58.7 Å². The van der Waals surface area contributed by atoms with Crippen LogP contribution in [0.3, 0.4) is 0 Å². The molecule has 0 aliphatic rings. The highest BCUT2D eigenvalue weighted by Gasteiger charge is 2.17. The van der Waals surface area contributed by atoms with E-state index in [0.29, 0.717) is 6.42 Å². The van der Waals surface area contributed by atoms with Crippen LogP contribution in [0.15, 0.2) is 36.4 Å². The smallest absolute Gasteiger partial charge is 0.267 e. The molecular weight excluding hydrogens is 344 g/mol. The zero-order valence-corrected chi connectivity index (χ0v) is 15.3. The van der Waals surface area contributed by atoms with Crippen LogP contribution < -0.4 is 10.1 Å². The summed E-state index contributed by atoms with van der Waals surface area (Å²) in [6.07, 6.45) is -1.89. The summed E-state index contributed by atoms with van der Waals surface area (Å²) < 4.78 is 37.4. The van der Waals surface area contributed by atoms with Gasteiger partial charge in [0, 0.05) is 11.3 Å². The molecule has 0 amide bonds. The molecule has 2 aromatic rings. The van der Waals surface area contributed by atoms with Crippen molar-refractivity contribution in [3.8, 4) is 5.75 Å². The molecular formula is C19H21F2NO2S. The van der Waals surface area contributed by atoms with Gasteiger partial charge in [-0.1, -0.05) is 25.1 Å². The second kappa shape index (κ2) is 8.76. The van der Waals surface area contributed by atoms with Crippen LogP contribution >= 0.6 is 12.2 Å². The third-order valence-corrected chi connectivity index (χ3v) is 4.18. The Hall–Kier alpha value is -2.21. The number of thiocarbonyl (C=S) groups is 1. The average molecular weight is 365 g/mol. The molecule has 6 heteroatoms. The Morgan fingerprint density at radius 1 is 1.20 bits per heavy atom. The molecule has 0 atom stereocenters. The number of ether oxygens (including phenoxy) is 2. The normalized spacial score (nSPS) is 10.6. The predicted molar refractivity (Wildman–Crippen MR) is 99.5 cm³/mol. The molecule has 3 nitrogen and oxygen atoms in total. The second-order valence-electron chi connectivity index (χ2n) is 5.53. The lowest BCUT2D eigenvalue weighted by molar-refractivity contribution is 0.144. The number of alkyl halides is 2. The zero-order chi connectivity index (χ0) is 18.4. The first-order chi connectivity index (χ1) is 12.0. The molecule has 0 bridgehead atoms. The summed E-state index contributed by atoms with van der Waals surface area (Å²) in [7, 11) is 1.47. The van der Waals surface area contributed by atoms with E-state index in [-0.39, 0.29) is 23.1 Å². The maximum Gasteiger partial charge on any atom is 0.267 e. The molecule has 0 aliphatic carbocycles. The highest BCUT2D eigenvalue weighted by molar-refractivity contribution is 7.80. The minimum atomic E-state index is -2.59. The van der Waals surface area contributed by atoms with Gasteiger partial charge in [0.25, 0.3) is 11.6 Å². The Morgan fingerprint density at radius 2 is 1.92 bits per heavy atom. The lowest BCUT2D eigenvalue weighted by Gasteiger charge is -2.16. The first-order valence-electron chi connectivity index (χ1n) is 7.93. The van der Waals surface area contributed by atoms with E-state index in [4.69, 9.17) is 21.7 Å². The summed E-state index contributed by atoms with van der Waals surface area (Å²) >= 11 is 5.00. The van der Waals surface area contributed by atoms with Crippen molar-refractivity contribution < 1.29 is 18.3 Å². The number of para-hydroxylation sites is 1. The van der Waals surface area contributed by atoms with Crippen molar-refractivity contribution >= 4 is 23.1 Å². The van der Waals surface area contributed by atoms with Gasteiger partial charge in [0.05, 0.1) is 12.7 Å². The summed E-state index contributed by atoms with van der Waals surface area (Å²) in [5, 5.41) is 3.17. The van der Waals surface area contributed by atoms with Crippen molar-refractivity contribution in [1.29, 1.82) is 0 Å². The molecule has 2 rings (SSSR count). The van der Waals surface area contributed by atoms with Crippen LogP contribution in [0.2, 0.25) is 0 Å². The molecule has 0 radical (unpaired) electrons. The van der Waals surface area contributed by atoms with Crippen molar-refractivity contribution in [3.63, 3.8) is 0 Å². The van der Waals surface area contributed by atoms with Gasteiger partial charge in [-0.25, -0.2) is 8.78 Å². The van der Waals surface area contributed by atoms with Crippen molar-refractivity contribution in [2.24, 2.45) is 0 Å². The van der Waals surface area contributed by atoms with Gasteiger partial charge < -0.3 is 14.8 Å². The average Bonchev–Trinajstić information content (AvgIpc) is 2.60. The Labute approximate surface area is 152 Å². The topological polar surface area (TPSA) is 30.5 Å². The summed E-state index contributed by atoms with van der Waals surface area (Å²) in [4.78, 5) is 0. The van der Waals surface area contributed by atoms with Gasteiger partial charge >= 0.3 is 0 Å². The third kappa shape index (κ3) is 4.89. The molecule has 2 aromatic carbocycles. The Kier molecular flexibility index (Phi) is 6.70. The van der Waals surface area contributed by atoms with E-state index < -0.39 is 6.43 Å². The third-order valence-electron chi connectivity index (χ3n) is 3.91. The largest absolute Gasteiger partial charge is 0.488 e. The molecule has 0 spiro atoms. The van der Waals surface area contributed by atoms with Crippen molar-refractivity contribution in [1.82, 2.24) is 0 Å². The van der Waals surface area contributed by atoms with Gasteiger partial charge in [-0.05, 0) is 54.9 Å². The molecule has 25 heavy (non-hydrogen) atoms. The molecule has 0 unspecified atom stereocenters. The van der Waals surface area contributed by atoms with Crippen LogP contribution in [-0.4, -0.2) is 12.3 Å². The Bertz CT molecular complexity index is 750. The number of hydrogen-bond acceptors (Lipinski definition) is 3. The molecule has 0 heterocycles. The molecule has 0 aromatic heterocycles. The monoisotopic (exact) mass is 365 g/mol. The molecule has 0 aliphatic heterocycles. The summed E-state index contributed by atoms with van der Waals surface area (Å²) in [5.41, 5.74) is 3.26. The molecule has 0 saturated heterocycles. The summed E-state index contributed by atoms with van der Waals surface area (Å²) in [6, 6.07) is 10.6. The van der Waals surface area contributed by atoms with Crippen LogP contribution in [0.4, 0.5) is 14.5 Å². The van der Waals surface area contributed by atoms with E-state index >= 15 is 0 Å². The Balaban J connectivity index is 2.24. The van der Waals surface area contributed by atoms with E-state index in [1.807, 2.05) is 38.1 Å². The van der Waals surface area contributed by atoms with E-state index in [1.165, 1.54) is 13.2 Å². The van der Waals surface area contributed by atoms with Gasteiger partial charge in [-0.3, -0.25) is 0 Å². The number of anilines is 1. The Morgan fingerprint density at radius 3 is 2.56 bits per heavy atom. The zero-order valence-electron chi connectivity index (χ0n) is 14.4. The van der Waals surface area contributed by atoms with E-state index in [1.54, 1.807) is 6.07 Å². The van der Waals surface area contributed by atoms with Crippen LogP contribution in [-0.2, 0) is 17.8 Å². The second-order valence-corrected chi connectivity index (χ2v) is 5.90. The first kappa shape index (κ1) is 19.1. The highest BCUT2D eigenvalue weighted by Crippen LogP contribution is 2.33. The summed E-state index contributed by atoms with van der Waals surface area (Å²) in [6.45, 7) is 3.98. The SMILES string of the molecule is CCc1cc(C(F)F)c(OCc2ccccc2NC(=S)OC)cc1C. The van der Waals surface area contributed by atoms with Gasteiger partial charge in [0.1, 0.15) is 12.4 Å². The number of aryl methyl sites for hydroxylation is 2. The maximum absolute atomic E-state index is 13.4. The lowest BCUT2D eigenvalue weighted by atomic mass is 10.0. The van der Waals surface area contributed by atoms with Crippen LogP contribution in [0, 0.1) is 6.92 Å². The van der Waals surface area contributed by atoms with E-state index in [2.05, 4.69) is 5.32 Å². The first-order valence-corrected chi connectivity index (χ1v) is 8.34. The van der Waals surface area contributed by atoms with Gasteiger partial charge in [0.15, 0.2) is 0 Å². The predicted octanol–water partition coefficient (Wildman–Crippen LogP) is 5.42. The van der Waals surface area contributed by atoms with Crippen LogP contribution in [0.25, 0.3) is 0 Å². The minimum absolute atomic E-state index is 0.0831. The van der Waals surface area contributed by atoms with Crippen molar-refractivity contribution in [2.75, 3.05) is 12.4 Å². The molecule has 0 fully saturated rings. The summed E-state index contributed by atoms with van der Waals surface area (Å²) in [5.74, 6) is 0.203. The quantitative estimate of drug-likeness (QED) is 0.693. The number of nitrogens with one attached hydrogen (secondary N) is 1. The standard InChI is InChI=1S/C19H21F2NO2S/c1-4-13-10-15(18(20)21)17(9-12(13)2)24-11-14-7-5-6-8-16(14)22-19(25)23-3/h5-10,18H,4,11H2,1-3H3,(H,22,25). The van der Waals surface area contributed by atoms with E-state index in [9.17, 15) is 8.78 Å². The van der Waals surface area contributed by atoms with Gasteiger partial charge in [0.2, 0.25) is 0 Å². The van der Waals surface area contributed by atoms with Gasteiger partial charge in [-0.2, -0.15) is 0 Å². The number of benzene rings is 2. The number of hydrogen-bond donors (Lipinski definition) is 1. The number of methoxy groups -OCH3 is 1. The van der Waals surface area contributed by atoms with Crippen LogP contribution in [0.1, 0.15) is 35.6 Å². The number of rotatable bonds is 6. The fraction of sp³-hybridized carbons (Fsp3) is 0.316. The molecule has 1 N–H and O–H groups in total. The maximum atomic E-state index is 13.4. The lowest BCUT2D eigenvalue weighted by Crippen LogP contribution is -2.13. The van der Waals surface area contributed by atoms with Crippen LogP contribution in [0.5, 0.6) is 5.75 Å². The number of halogens is 2.